The summed E-state index contributed by atoms with van der Waals surface area (Å²) >= 11 is 1.74. The lowest BCUT2D eigenvalue weighted by Crippen LogP contribution is -2.49. The van der Waals surface area contributed by atoms with E-state index in [1.165, 1.54) is 28.7 Å². The number of methoxy groups -OCH3 is 1. The van der Waals surface area contributed by atoms with Crippen LogP contribution in [-0.2, 0) is 12.1 Å². The fourth-order valence-electron chi connectivity index (χ4n) is 5.32. The number of aromatic amines is 1. The van der Waals surface area contributed by atoms with Crippen molar-refractivity contribution in [2.75, 3.05) is 13.4 Å². The van der Waals surface area contributed by atoms with Crippen LogP contribution in [0.3, 0.4) is 0 Å². The molecule has 2 aromatic carbocycles. The molecule has 0 radical (unpaired) electrons. The van der Waals surface area contributed by atoms with Crippen molar-refractivity contribution in [1.29, 1.82) is 0 Å². The van der Waals surface area contributed by atoms with Gasteiger partial charge in [0.15, 0.2) is 0 Å². The fraction of sp³-hybridized carbons (Fsp3) is 0.417. The van der Waals surface area contributed by atoms with Gasteiger partial charge in [-0.05, 0) is 73.4 Å². The van der Waals surface area contributed by atoms with Crippen LogP contribution in [0.1, 0.15) is 36.8 Å². The lowest BCUT2D eigenvalue weighted by molar-refractivity contribution is -0.0594. The highest BCUT2D eigenvalue weighted by Crippen LogP contribution is 2.46. The number of aliphatic hydroxyl groups is 1. The Kier molecular flexibility index (Phi) is 4.85. The number of piperidine rings is 1. The van der Waals surface area contributed by atoms with Crippen molar-refractivity contribution in [1.82, 2.24) is 9.88 Å². The molecule has 2 bridgehead atoms. The summed E-state index contributed by atoms with van der Waals surface area (Å²) in [7, 11) is 1.71. The Bertz CT molecular complexity index is 999. The number of H-pyrrole nitrogens is 1. The number of aromatic nitrogens is 1. The van der Waals surface area contributed by atoms with E-state index >= 15 is 0 Å². The topological polar surface area (TPSA) is 48.5 Å². The first-order valence-electron chi connectivity index (χ1n) is 10.4. The zero-order valence-electron chi connectivity index (χ0n) is 17.0. The second-order valence-electron chi connectivity index (χ2n) is 8.45. The van der Waals surface area contributed by atoms with E-state index in [4.69, 9.17) is 4.74 Å². The van der Waals surface area contributed by atoms with E-state index in [0.717, 1.165) is 36.2 Å². The summed E-state index contributed by atoms with van der Waals surface area (Å²) in [5, 5.41) is 12.7. The normalized spacial score (nSPS) is 26.9. The monoisotopic (exact) mass is 408 g/mol. The molecule has 1 aromatic heterocycles. The van der Waals surface area contributed by atoms with Crippen molar-refractivity contribution in [2.45, 2.75) is 54.8 Å². The average molecular weight is 409 g/mol. The lowest BCUT2D eigenvalue weighted by atomic mass is 9.80. The van der Waals surface area contributed by atoms with Crippen LogP contribution in [0.2, 0.25) is 0 Å². The Morgan fingerprint density at radius 1 is 1.14 bits per heavy atom. The summed E-state index contributed by atoms with van der Waals surface area (Å²) in [6, 6.07) is 15.5. The zero-order valence-corrected chi connectivity index (χ0v) is 17.8. The second kappa shape index (κ2) is 7.38. The molecule has 1 unspecified atom stereocenters. The van der Waals surface area contributed by atoms with Crippen molar-refractivity contribution in [3.63, 3.8) is 0 Å². The minimum absolute atomic E-state index is 0.425. The van der Waals surface area contributed by atoms with Gasteiger partial charge < -0.3 is 14.8 Å². The molecule has 2 aliphatic heterocycles. The molecule has 0 amide bonds. The number of ether oxygens (including phenoxy) is 1. The highest BCUT2D eigenvalue weighted by Gasteiger charge is 2.48. The summed E-state index contributed by atoms with van der Waals surface area (Å²) < 4.78 is 5.42. The van der Waals surface area contributed by atoms with Crippen LogP contribution < -0.4 is 4.74 Å². The predicted molar refractivity (Wildman–Crippen MR) is 119 cm³/mol. The Morgan fingerprint density at radius 2 is 1.86 bits per heavy atom. The highest BCUT2D eigenvalue weighted by molar-refractivity contribution is 7.98. The molecule has 152 valence electrons. The van der Waals surface area contributed by atoms with Crippen LogP contribution in [-0.4, -0.2) is 40.4 Å². The Hall–Kier alpha value is -1.95. The maximum absolute atomic E-state index is 11.5. The molecule has 0 saturated carbocycles. The molecule has 3 aromatic rings. The third kappa shape index (κ3) is 3.35. The van der Waals surface area contributed by atoms with Crippen LogP contribution in [0.5, 0.6) is 5.75 Å². The van der Waals surface area contributed by atoms with Crippen molar-refractivity contribution in [3.8, 4) is 5.75 Å². The molecule has 4 nitrogen and oxygen atoms in total. The first kappa shape index (κ1) is 19.0. The number of nitrogens with one attached hydrogen (secondary N) is 1. The molecule has 0 spiro atoms. The number of nitrogens with zero attached hydrogens (tertiary/aromatic N) is 1. The average Bonchev–Trinajstić information content (AvgIpc) is 3.26. The van der Waals surface area contributed by atoms with Gasteiger partial charge in [0, 0.05) is 40.6 Å². The van der Waals surface area contributed by atoms with E-state index in [-0.39, 0.29) is 0 Å². The van der Waals surface area contributed by atoms with Crippen LogP contribution in [0.4, 0.5) is 0 Å². The standard InChI is InChI=1S/C24H28N2O2S/c1-28-20-7-10-23-22(11-20)16(14-25-23)15-26-18-5-6-19(26)13-24(27,12-18)17-3-8-21(29-2)9-4-17/h3-4,7-11,14,18-19,25,27H,5-6,12-13,15H2,1-2H3/t18-,19+,24?. The quantitative estimate of drug-likeness (QED) is 0.589. The van der Waals surface area contributed by atoms with E-state index in [0.29, 0.717) is 12.1 Å². The molecule has 5 rings (SSSR count). The van der Waals surface area contributed by atoms with Gasteiger partial charge in [-0.15, -0.1) is 11.8 Å². The molecule has 2 saturated heterocycles. The van der Waals surface area contributed by atoms with E-state index < -0.39 is 5.60 Å². The van der Waals surface area contributed by atoms with Crippen molar-refractivity contribution >= 4 is 22.7 Å². The zero-order chi connectivity index (χ0) is 20.0. The molecule has 2 aliphatic rings. The largest absolute Gasteiger partial charge is 0.497 e. The minimum atomic E-state index is -0.706. The van der Waals surface area contributed by atoms with Crippen LogP contribution in [0, 0.1) is 0 Å². The van der Waals surface area contributed by atoms with E-state index in [1.54, 1.807) is 18.9 Å². The number of thioether (sulfide) groups is 1. The second-order valence-corrected chi connectivity index (χ2v) is 9.33. The molecular formula is C24H28N2O2S. The van der Waals surface area contributed by atoms with Crippen molar-refractivity contribution in [3.05, 3.63) is 59.8 Å². The summed E-state index contributed by atoms with van der Waals surface area (Å²) in [5.41, 5.74) is 2.83. The molecule has 29 heavy (non-hydrogen) atoms. The minimum Gasteiger partial charge on any atom is -0.497 e. The molecule has 2 fully saturated rings. The van der Waals surface area contributed by atoms with Gasteiger partial charge >= 0.3 is 0 Å². The van der Waals surface area contributed by atoms with Gasteiger partial charge in [-0.1, -0.05) is 12.1 Å². The highest BCUT2D eigenvalue weighted by atomic mass is 32.2. The van der Waals surface area contributed by atoms with Gasteiger partial charge in [-0.3, -0.25) is 4.90 Å². The maximum atomic E-state index is 11.5. The first-order chi connectivity index (χ1) is 14.1. The van der Waals surface area contributed by atoms with Gasteiger partial charge in [0.05, 0.1) is 12.7 Å². The Labute approximate surface area is 176 Å². The third-order valence-corrected chi connectivity index (χ3v) is 7.62. The van der Waals surface area contributed by atoms with Crippen molar-refractivity contribution < 1.29 is 9.84 Å². The summed E-state index contributed by atoms with van der Waals surface area (Å²) in [6.07, 6.45) is 8.18. The maximum Gasteiger partial charge on any atom is 0.119 e. The van der Waals surface area contributed by atoms with Crippen LogP contribution in [0.25, 0.3) is 10.9 Å². The van der Waals surface area contributed by atoms with Crippen LogP contribution in [0.15, 0.2) is 53.6 Å². The van der Waals surface area contributed by atoms with Gasteiger partial charge in [-0.25, -0.2) is 0 Å². The number of rotatable bonds is 5. The molecule has 2 N–H and O–H groups in total. The summed E-state index contributed by atoms with van der Waals surface area (Å²) in [6.45, 7) is 0.921. The van der Waals surface area contributed by atoms with Gasteiger partial charge in [0.1, 0.15) is 5.75 Å². The van der Waals surface area contributed by atoms with Gasteiger partial charge in [0.25, 0.3) is 0 Å². The number of hydrogen-bond donors (Lipinski definition) is 2. The summed E-state index contributed by atoms with van der Waals surface area (Å²) in [4.78, 5) is 7.26. The lowest BCUT2D eigenvalue weighted by Gasteiger charge is -2.44. The molecule has 3 atom stereocenters. The van der Waals surface area contributed by atoms with Crippen LogP contribution >= 0.6 is 11.8 Å². The Morgan fingerprint density at radius 3 is 2.52 bits per heavy atom. The van der Waals surface area contributed by atoms with Crippen molar-refractivity contribution in [2.24, 2.45) is 0 Å². The summed E-state index contributed by atoms with van der Waals surface area (Å²) in [5.74, 6) is 0.892. The molecule has 5 heteroatoms. The molecular weight excluding hydrogens is 380 g/mol. The fourth-order valence-corrected chi connectivity index (χ4v) is 5.73. The molecule has 0 aliphatic carbocycles. The SMILES string of the molecule is COc1ccc2[nH]cc(CN3[C@@H]4CC[C@H]3CC(O)(c3ccc(SC)cc3)C4)c2c1. The van der Waals surface area contributed by atoms with E-state index in [1.807, 2.05) is 6.07 Å². The molecule has 3 heterocycles. The Balaban J connectivity index is 1.38. The third-order valence-electron chi connectivity index (χ3n) is 6.87. The first-order valence-corrected chi connectivity index (χ1v) is 11.6. The number of benzene rings is 2. The number of hydrogen-bond acceptors (Lipinski definition) is 4. The van der Waals surface area contributed by atoms with Gasteiger partial charge in [-0.2, -0.15) is 0 Å². The van der Waals surface area contributed by atoms with E-state index in [9.17, 15) is 5.11 Å². The van der Waals surface area contributed by atoms with Gasteiger partial charge in [0.2, 0.25) is 0 Å². The van der Waals surface area contributed by atoms with E-state index in [2.05, 4.69) is 58.7 Å². The smallest absolute Gasteiger partial charge is 0.119 e. The predicted octanol–water partition coefficient (Wildman–Crippen LogP) is 4.91. The number of fused-ring (bicyclic) bond motifs is 3.